The lowest BCUT2D eigenvalue weighted by Crippen LogP contribution is -2.40. The molecule has 1 atom stereocenters. The molecule has 38 heavy (non-hydrogen) atoms. The van der Waals surface area contributed by atoms with Crippen LogP contribution in [-0.2, 0) is 14.3 Å². The van der Waals surface area contributed by atoms with Gasteiger partial charge >= 0.3 is 11.9 Å². The van der Waals surface area contributed by atoms with Gasteiger partial charge in [-0.05, 0) is 42.8 Å². The highest BCUT2D eigenvalue weighted by Crippen LogP contribution is 2.36. The Balaban J connectivity index is 1.97. The average molecular weight is 573 g/mol. The van der Waals surface area contributed by atoms with E-state index in [2.05, 4.69) is 11.6 Å². The maximum absolute atomic E-state index is 13.8. The fourth-order valence-electron chi connectivity index (χ4n) is 3.98. The van der Waals surface area contributed by atoms with Gasteiger partial charge in [-0.15, -0.1) is 0 Å². The van der Waals surface area contributed by atoms with Crippen molar-refractivity contribution in [3.8, 4) is 11.5 Å². The number of fused-ring (bicyclic) bond motifs is 1. The summed E-state index contributed by atoms with van der Waals surface area (Å²) in [5.74, 6) is -0.730. The van der Waals surface area contributed by atoms with E-state index in [1.54, 1.807) is 43.3 Å². The number of ether oxygens (including phenoxy) is 3. The summed E-state index contributed by atoms with van der Waals surface area (Å²) in [6.07, 6.45) is 3.05. The monoisotopic (exact) mass is 572 g/mol. The van der Waals surface area contributed by atoms with Crippen molar-refractivity contribution in [1.82, 2.24) is 4.57 Å². The fraction of sp³-hybridized carbons (Fsp3) is 0.185. The van der Waals surface area contributed by atoms with Gasteiger partial charge in [0.25, 0.3) is 5.56 Å². The maximum atomic E-state index is 13.8. The van der Waals surface area contributed by atoms with Gasteiger partial charge in [0.2, 0.25) is 0 Å². The Bertz CT molecular complexity index is 1650. The molecule has 1 aliphatic heterocycles. The van der Waals surface area contributed by atoms with E-state index in [-0.39, 0.29) is 23.7 Å². The molecule has 2 aromatic carbocycles. The molecular formula is C27H22Cl2N2O6S. The summed E-state index contributed by atoms with van der Waals surface area (Å²) in [6, 6.07) is 8.94. The van der Waals surface area contributed by atoms with E-state index in [1.165, 1.54) is 30.7 Å². The first kappa shape index (κ1) is 27.4. The third kappa shape index (κ3) is 5.31. The van der Waals surface area contributed by atoms with Crippen LogP contribution in [0.3, 0.4) is 0 Å². The fourth-order valence-corrected chi connectivity index (χ4v) is 5.52. The Morgan fingerprint density at radius 1 is 1.18 bits per heavy atom. The molecule has 0 aliphatic carbocycles. The molecule has 0 saturated heterocycles. The summed E-state index contributed by atoms with van der Waals surface area (Å²) >= 11 is 13.8. The van der Waals surface area contributed by atoms with Crippen molar-refractivity contribution in [2.24, 2.45) is 4.99 Å². The van der Waals surface area contributed by atoms with Gasteiger partial charge < -0.3 is 14.2 Å². The standard InChI is InChI=1S/C27H22Cl2N2O6S/c1-5-11-36-26(34)23-14(2)30-27-31(24(23)16-9-10-20(37-15(3)32)21(12-16)35-4)25(33)22(38-27)13-17-18(28)7-6-8-19(17)29/h5-10,12-13,24H,1,11H2,2-4H3. The molecule has 11 heteroatoms. The van der Waals surface area contributed by atoms with Gasteiger partial charge in [0.15, 0.2) is 16.3 Å². The van der Waals surface area contributed by atoms with Gasteiger partial charge in [-0.25, -0.2) is 9.79 Å². The molecule has 2 heterocycles. The lowest BCUT2D eigenvalue weighted by molar-refractivity contribution is -0.138. The zero-order chi connectivity index (χ0) is 27.6. The molecule has 1 aliphatic rings. The molecule has 0 amide bonds. The van der Waals surface area contributed by atoms with Crippen molar-refractivity contribution >= 4 is 52.6 Å². The number of methoxy groups -OCH3 is 1. The number of hydrogen-bond donors (Lipinski definition) is 0. The van der Waals surface area contributed by atoms with Crippen LogP contribution < -0.4 is 24.4 Å². The highest BCUT2D eigenvalue weighted by molar-refractivity contribution is 7.07. The van der Waals surface area contributed by atoms with Crippen LogP contribution in [0.1, 0.15) is 31.0 Å². The van der Waals surface area contributed by atoms with E-state index in [4.69, 9.17) is 37.4 Å². The van der Waals surface area contributed by atoms with Crippen LogP contribution in [0.4, 0.5) is 0 Å². The molecule has 0 saturated carbocycles. The summed E-state index contributed by atoms with van der Waals surface area (Å²) < 4.78 is 17.7. The van der Waals surface area contributed by atoms with Crippen molar-refractivity contribution in [2.75, 3.05) is 13.7 Å². The highest BCUT2D eigenvalue weighted by Gasteiger charge is 2.34. The van der Waals surface area contributed by atoms with Crippen LogP contribution in [-0.4, -0.2) is 30.2 Å². The molecule has 8 nitrogen and oxygen atoms in total. The lowest BCUT2D eigenvalue weighted by atomic mass is 9.95. The Labute approximate surface area is 231 Å². The van der Waals surface area contributed by atoms with Crippen molar-refractivity contribution in [3.05, 3.63) is 101 Å². The second kappa shape index (κ2) is 11.4. The van der Waals surface area contributed by atoms with Gasteiger partial charge in [-0.3, -0.25) is 14.2 Å². The second-order valence-corrected chi connectivity index (χ2v) is 9.93. The number of esters is 2. The number of nitrogens with zero attached hydrogens (tertiary/aromatic N) is 2. The first-order valence-corrected chi connectivity index (χ1v) is 12.8. The average Bonchev–Trinajstić information content (AvgIpc) is 3.18. The molecule has 0 bridgehead atoms. The number of hydrogen-bond acceptors (Lipinski definition) is 8. The van der Waals surface area contributed by atoms with Crippen molar-refractivity contribution in [3.63, 3.8) is 0 Å². The van der Waals surface area contributed by atoms with Crippen molar-refractivity contribution in [1.29, 1.82) is 0 Å². The maximum Gasteiger partial charge on any atom is 0.338 e. The topological polar surface area (TPSA) is 96.2 Å². The predicted octanol–water partition coefficient (Wildman–Crippen LogP) is 4.21. The predicted molar refractivity (Wildman–Crippen MR) is 146 cm³/mol. The van der Waals surface area contributed by atoms with Crippen LogP contribution in [0.25, 0.3) is 6.08 Å². The molecule has 196 valence electrons. The van der Waals surface area contributed by atoms with Gasteiger partial charge in [-0.2, -0.15) is 0 Å². The zero-order valence-corrected chi connectivity index (χ0v) is 22.9. The largest absolute Gasteiger partial charge is 0.493 e. The van der Waals surface area contributed by atoms with Crippen LogP contribution in [0.15, 0.2) is 70.1 Å². The molecule has 0 spiro atoms. The Kier molecular flexibility index (Phi) is 8.20. The van der Waals surface area contributed by atoms with Gasteiger partial charge in [-0.1, -0.05) is 59.3 Å². The van der Waals surface area contributed by atoms with E-state index in [1.807, 2.05) is 0 Å². The quantitative estimate of drug-likeness (QED) is 0.239. The molecular weight excluding hydrogens is 551 g/mol. The number of aromatic nitrogens is 1. The van der Waals surface area contributed by atoms with E-state index < -0.39 is 23.5 Å². The highest BCUT2D eigenvalue weighted by atomic mass is 35.5. The summed E-state index contributed by atoms with van der Waals surface area (Å²) in [6.45, 7) is 6.51. The Morgan fingerprint density at radius 2 is 1.89 bits per heavy atom. The minimum absolute atomic E-state index is 0.0214. The number of carbonyl (C=O) groups excluding carboxylic acids is 2. The number of thiazole rings is 1. The second-order valence-electron chi connectivity index (χ2n) is 8.11. The molecule has 4 rings (SSSR count). The molecule has 1 aromatic heterocycles. The number of allylic oxidation sites excluding steroid dienone is 1. The molecule has 3 aromatic rings. The number of rotatable bonds is 7. The van der Waals surface area contributed by atoms with E-state index in [9.17, 15) is 14.4 Å². The van der Waals surface area contributed by atoms with Crippen molar-refractivity contribution in [2.45, 2.75) is 19.9 Å². The number of benzene rings is 2. The summed E-state index contributed by atoms with van der Waals surface area (Å²) in [4.78, 5) is 43.4. The zero-order valence-electron chi connectivity index (χ0n) is 20.6. The van der Waals surface area contributed by atoms with E-state index in [0.717, 1.165) is 11.3 Å². The summed E-state index contributed by atoms with van der Waals surface area (Å²) in [5, 5.41) is 0.770. The van der Waals surface area contributed by atoms with Crippen LogP contribution in [0, 0.1) is 0 Å². The van der Waals surface area contributed by atoms with Crippen LogP contribution in [0.2, 0.25) is 10.0 Å². The molecule has 1 unspecified atom stereocenters. The SMILES string of the molecule is C=CCOC(=O)C1=C(C)N=c2sc(=Cc3c(Cl)cccc3Cl)c(=O)n2C1c1ccc(OC(C)=O)c(OC)c1. The minimum Gasteiger partial charge on any atom is -0.493 e. The Morgan fingerprint density at radius 3 is 2.53 bits per heavy atom. The smallest absolute Gasteiger partial charge is 0.338 e. The van der Waals surface area contributed by atoms with Crippen LogP contribution in [0.5, 0.6) is 11.5 Å². The van der Waals surface area contributed by atoms with E-state index >= 15 is 0 Å². The Hall–Kier alpha value is -3.66. The van der Waals surface area contributed by atoms with Crippen molar-refractivity contribution < 1.29 is 23.8 Å². The van der Waals surface area contributed by atoms with E-state index in [0.29, 0.717) is 36.2 Å². The summed E-state index contributed by atoms with van der Waals surface area (Å²) in [7, 11) is 1.42. The number of carbonyl (C=O) groups is 2. The first-order chi connectivity index (χ1) is 18.2. The number of halogens is 2. The minimum atomic E-state index is -0.910. The van der Waals surface area contributed by atoms with Gasteiger partial charge in [0, 0.05) is 22.5 Å². The molecule has 0 radical (unpaired) electrons. The van der Waals surface area contributed by atoms with Gasteiger partial charge in [0.1, 0.15) is 6.61 Å². The normalized spacial score (nSPS) is 15.0. The first-order valence-electron chi connectivity index (χ1n) is 11.3. The van der Waals surface area contributed by atoms with Crippen LogP contribution >= 0.6 is 34.5 Å². The third-order valence-corrected chi connectivity index (χ3v) is 7.25. The molecule has 0 N–H and O–H groups in total. The lowest BCUT2D eigenvalue weighted by Gasteiger charge is -2.25. The third-order valence-electron chi connectivity index (χ3n) is 5.61. The summed E-state index contributed by atoms with van der Waals surface area (Å²) in [5.41, 5.74) is 1.16. The molecule has 0 fully saturated rings. The van der Waals surface area contributed by atoms with Gasteiger partial charge in [0.05, 0.1) is 29.0 Å².